The van der Waals surface area contributed by atoms with E-state index in [4.69, 9.17) is 4.74 Å². The number of phenols is 1. The standard InChI is InChI=1S/C13H18N2O3/c1-2-12-9-15(6-7-18-12)14-13(17)10-4-3-5-11(16)8-10/h3-5,8,12,16H,2,6-7,9H2,1H3,(H,14,17). The van der Waals surface area contributed by atoms with Crippen LogP contribution in [0.2, 0.25) is 0 Å². The number of rotatable bonds is 3. The molecule has 0 bridgehead atoms. The Kier molecular flexibility index (Phi) is 4.17. The number of aromatic hydroxyl groups is 1. The molecule has 2 N–H and O–H groups in total. The number of hydrogen-bond donors (Lipinski definition) is 2. The molecular weight excluding hydrogens is 232 g/mol. The number of hydrazine groups is 1. The topological polar surface area (TPSA) is 61.8 Å². The molecule has 1 unspecified atom stereocenters. The highest BCUT2D eigenvalue weighted by Crippen LogP contribution is 2.11. The fourth-order valence-electron chi connectivity index (χ4n) is 1.92. The van der Waals surface area contributed by atoms with Gasteiger partial charge >= 0.3 is 0 Å². The van der Waals surface area contributed by atoms with E-state index in [1.807, 2.05) is 5.01 Å². The number of amides is 1. The molecule has 5 nitrogen and oxygen atoms in total. The van der Waals surface area contributed by atoms with E-state index >= 15 is 0 Å². The lowest BCUT2D eigenvalue weighted by Crippen LogP contribution is -2.51. The van der Waals surface area contributed by atoms with Crippen LogP contribution < -0.4 is 5.43 Å². The zero-order chi connectivity index (χ0) is 13.0. The molecule has 1 heterocycles. The maximum atomic E-state index is 12.0. The van der Waals surface area contributed by atoms with Gasteiger partial charge in [-0.3, -0.25) is 10.2 Å². The Morgan fingerprint density at radius 3 is 3.17 bits per heavy atom. The van der Waals surface area contributed by atoms with Gasteiger partial charge in [-0.15, -0.1) is 0 Å². The Morgan fingerprint density at radius 2 is 2.44 bits per heavy atom. The van der Waals surface area contributed by atoms with Crippen LogP contribution in [-0.2, 0) is 4.74 Å². The number of benzene rings is 1. The van der Waals surface area contributed by atoms with E-state index in [9.17, 15) is 9.90 Å². The van der Waals surface area contributed by atoms with Crippen molar-refractivity contribution in [2.45, 2.75) is 19.4 Å². The lowest BCUT2D eigenvalue weighted by atomic mass is 10.2. The van der Waals surface area contributed by atoms with Crippen LogP contribution in [0.5, 0.6) is 5.75 Å². The third kappa shape index (κ3) is 3.21. The van der Waals surface area contributed by atoms with Crippen molar-refractivity contribution in [1.29, 1.82) is 0 Å². The van der Waals surface area contributed by atoms with Gasteiger partial charge in [0.2, 0.25) is 0 Å². The van der Waals surface area contributed by atoms with Gasteiger partial charge in [0.15, 0.2) is 0 Å². The molecule has 1 fully saturated rings. The smallest absolute Gasteiger partial charge is 0.265 e. The average molecular weight is 250 g/mol. The Balaban J connectivity index is 1.95. The minimum absolute atomic E-state index is 0.0936. The van der Waals surface area contributed by atoms with E-state index in [0.717, 1.165) is 6.42 Å². The molecule has 0 radical (unpaired) electrons. The third-order valence-corrected chi connectivity index (χ3v) is 2.96. The van der Waals surface area contributed by atoms with E-state index in [2.05, 4.69) is 12.3 Å². The lowest BCUT2D eigenvalue weighted by molar-refractivity contribution is -0.0443. The first-order valence-corrected chi connectivity index (χ1v) is 6.15. The highest BCUT2D eigenvalue weighted by molar-refractivity contribution is 5.94. The Labute approximate surface area is 106 Å². The van der Waals surface area contributed by atoms with Crippen molar-refractivity contribution in [3.63, 3.8) is 0 Å². The van der Waals surface area contributed by atoms with Crippen LogP contribution >= 0.6 is 0 Å². The molecule has 1 aromatic carbocycles. The number of hydrogen-bond acceptors (Lipinski definition) is 4. The molecule has 0 saturated carbocycles. The minimum Gasteiger partial charge on any atom is -0.508 e. The van der Waals surface area contributed by atoms with Crippen molar-refractivity contribution in [3.05, 3.63) is 29.8 Å². The minimum atomic E-state index is -0.206. The summed E-state index contributed by atoms with van der Waals surface area (Å²) in [5.74, 6) is -0.112. The summed E-state index contributed by atoms with van der Waals surface area (Å²) in [5.41, 5.74) is 3.28. The monoisotopic (exact) mass is 250 g/mol. The zero-order valence-electron chi connectivity index (χ0n) is 10.4. The Morgan fingerprint density at radius 1 is 1.61 bits per heavy atom. The normalized spacial score (nSPS) is 20.6. The zero-order valence-corrected chi connectivity index (χ0v) is 10.4. The van der Waals surface area contributed by atoms with Crippen LogP contribution in [0.15, 0.2) is 24.3 Å². The molecule has 0 aromatic heterocycles. The molecular formula is C13H18N2O3. The SMILES string of the molecule is CCC1CN(NC(=O)c2cccc(O)c2)CCO1. The maximum Gasteiger partial charge on any atom is 0.265 e. The van der Waals surface area contributed by atoms with Crippen LogP contribution in [-0.4, -0.2) is 41.8 Å². The molecule has 0 spiro atoms. The van der Waals surface area contributed by atoms with Crippen LogP contribution in [0.3, 0.4) is 0 Å². The summed E-state index contributed by atoms with van der Waals surface area (Å²) >= 11 is 0. The Hall–Kier alpha value is -1.59. The molecule has 1 amide bonds. The summed E-state index contributed by atoms with van der Waals surface area (Å²) in [4.78, 5) is 12.0. The van der Waals surface area contributed by atoms with Gasteiger partial charge in [-0.05, 0) is 24.6 Å². The van der Waals surface area contributed by atoms with Crippen molar-refractivity contribution in [2.24, 2.45) is 0 Å². The molecule has 1 saturated heterocycles. The van der Waals surface area contributed by atoms with E-state index < -0.39 is 0 Å². The van der Waals surface area contributed by atoms with Gasteiger partial charge in [0, 0.05) is 18.7 Å². The fourth-order valence-corrected chi connectivity index (χ4v) is 1.92. The maximum absolute atomic E-state index is 12.0. The number of nitrogens with one attached hydrogen (secondary N) is 1. The number of carbonyl (C=O) groups is 1. The summed E-state index contributed by atoms with van der Waals surface area (Å²) in [6.07, 6.45) is 1.10. The van der Waals surface area contributed by atoms with Crippen LogP contribution in [0.4, 0.5) is 0 Å². The molecule has 0 aliphatic carbocycles. The largest absolute Gasteiger partial charge is 0.508 e. The molecule has 5 heteroatoms. The molecule has 1 aromatic rings. The third-order valence-electron chi connectivity index (χ3n) is 2.96. The van der Waals surface area contributed by atoms with Gasteiger partial charge in [-0.1, -0.05) is 13.0 Å². The number of phenolic OH excluding ortho intramolecular Hbond substituents is 1. The molecule has 1 aliphatic rings. The molecule has 18 heavy (non-hydrogen) atoms. The second kappa shape index (κ2) is 5.84. The van der Waals surface area contributed by atoms with Gasteiger partial charge in [0.25, 0.3) is 5.91 Å². The fraction of sp³-hybridized carbons (Fsp3) is 0.462. The molecule has 1 atom stereocenters. The number of morpholine rings is 1. The lowest BCUT2D eigenvalue weighted by Gasteiger charge is -2.32. The second-order valence-corrected chi connectivity index (χ2v) is 4.34. The van der Waals surface area contributed by atoms with Gasteiger partial charge in [-0.2, -0.15) is 0 Å². The van der Waals surface area contributed by atoms with E-state index in [1.165, 1.54) is 6.07 Å². The van der Waals surface area contributed by atoms with Gasteiger partial charge in [0.05, 0.1) is 12.7 Å². The number of ether oxygens (including phenoxy) is 1. The van der Waals surface area contributed by atoms with Crippen molar-refractivity contribution >= 4 is 5.91 Å². The van der Waals surface area contributed by atoms with Crippen molar-refractivity contribution < 1.29 is 14.6 Å². The Bertz CT molecular complexity index is 422. The van der Waals surface area contributed by atoms with Crippen molar-refractivity contribution in [3.8, 4) is 5.75 Å². The molecule has 1 aliphatic heterocycles. The van der Waals surface area contributed by atoms with Crippen LogP contribution in [0.1, 0.15) is 23.7 Å². The summed E-state index contributed by atoms with van der Waals surface area (Å²) in [6.45, 7) is 4.06. The van der Waals surface area contributed by atoms with Gasteiger partial charge in [-0.25, -0.2) is 5.01 Å². The van der Waals surface area contributed by atoms with E-state index in [0.29, 0.717) is 25.3 Å². The van der Waals surface area contributed by atoms with Crippen LogP contribution in [0, 0.1) is 0 Å². The summed E-state index contributed by atoms with van der Waals surface area (Å²) in [6, 6.07) is 6.32. The first-order valence-electron chi connectivity index (χ1n) is 6.15. The highest BCUT2D eigenvalue weighted by Gasteiger charge is 2.20. The predicted molar refractivity (Wildman–Crippen MR) is 67.2 cm³/mol. The molecule has 2 rings (SSSR count). The van der Waals surface area contributed by atoms with Crippen molar-refractivity contribution in [1.82, 2.24) is 10.4 Å². The number of carbonyl (C=O) groups excluding carboxylic acids is 1. The first-order chi connectivity index (χ1) is 8.69. The van der Waals surface area contributed by atoms with E-state index in [-0.39, 0.29) is 17.8 Å². The average Bonchev–Trinajstić information content (AvgIpc) is 2.39. The molecule has 98 valence electrons. The quantitative estimate of drug-likeness (QED) is 0.844. The van der Waals surface area contributed by atoms with Crippen molar-refractivity contribution in [2.75, 3.05) is 19.7 Å². The highest BCUT2D eigenvalue weighted by atomic mass is 16.5. The van der Waals surface area contributed by atoms with Crippen LogP contribution in [0.25, 0.3) is 0 Å². The van der Waals surface area contributed by atoms with Gasteiger partial charge < -0.3 is 9.84 Å². The predicted octanol–water partition coefficient (Wildman–Crippen LogP) is 1.15. The summed E-state index contributed by atoms with van der Waals surface area (Å²) in [5, 5.41) is 11.2. The summed E-state index contributed by atoms with van der Waals surface area (Å²) in [7, 11) is 0. The summed E-state index contributed by atoms with van der Waals surface area (Å²) < 4.78 is 5.53. The number of nitrogens with zero attached hydrogens (tertiary/aromatic N) is 1. The van der Waals surface area contributed by atoms with Gasteiger partial charge in [0.1, 0.15) is 5.75 Å². The second-order valence-electron chi connectivity index (χ2n) is 4.34. The van der Waals surface area contributed by atoms with E-state index in [1.54, 1.807) is 18.2 Å². The first kappa shape index (κ1) is 12.9.